The molecule has 0 aliphatic carbocycles. The zero-order valence-electron chi connectivity index (χ0n) is 10.4. The quantitative estimate of drug-likeness (QED) is 0.644. The summed E-state index contributed by atoms with van der Waals surface area (Å²) in [4.78, 5) is 23.7. The number of benzene rings is 2. The summed E-state index contributed by atoms with van der Waals surface area (Å²) >= 11 is 2.22. The summed E-state index contributed by atoms with van der Waals surface area (Å²) in [5, 5.41) is 0.415. The van der Waals surface area contributed by atoms with Crippen molar-refractivity contribution in [3.63, 3.8) is 0 Å². The molecule has 0 N–H and O–H groups in total. The van der Waals surface area contributed by atoms with Crippen LogP contribution >= 0.6 is 22.6 Å². The molecule has 1 aromatic heterocycles. The van der Waals surface area contributed by atoms with Gasteiger partial charge in [-0.3, -0.25) is 4.57 Å². The molecule has 0 atom stereocenters. The average Bonchev–Trinajstić information content (AvgIpc) is 2.45. The third-order valence-electron chi connectivity index (χ3n) is 3.10. The van der Waals surface area contributed by atoms with Gasteiger partial charge in [0.1, 0.15) is 0 Å². The third-order valence-corrected chi connectivity index (χ3v) is 4.15. The fourth-order valence-electron chi connectivity index (χ4n) is 2.12. The molecule has 5 heteroatoms. The lowest BCUT2D eigenvalue weighted by atomic mass is 10.2. The Balaban J connectivity index is 2.25. The van der Waals surface area contributed by atoms with Crippen LogP contribution in [-0.2, 0) is 6.54 Å². The van der Waals surface area contributed by atoms with Crippen LogP contribution in [0, 0.1) is 3.57 Å². The van der Waals surface area contributed by atoms with E-state index in [1.54, 1.807) is 24.3 Å². The van der Waals surface area contributed by atoms with Crippen LogP contribution in [0.3, 0.4) is 0 Å². The molecule has 0 fully saturated rings. The zero-order valence-corrected chi connectivity index (χ0v) is 12.5. The van der Waals surface area contributed by atoms with Gasteiger partial charge in [-0.15, -0.1) is 0 Å². The number of para-hydroxylation sites is 1. The van der Waals surface area contributed by atoms with Crippen LogP contribution in [0.2, 0.25) is 0 Å². The molecular formula is C15H10INO3. The highest BCUT2D eigenvalue weighted by Gasteiger charge is 2.10. The lowest BCUT2D eigenvalue weighted by Crippen LogP contribution is -2.25. The van der Waals surface area contributed by atoms with E-state index in [1.807, 2.05) is 24.3 Å². The van der Waals surface area contributed by atoms with Crippen molar-refractivity contribution < 1.29 is 4.42 Å². The first-order valence-electron chi connectivity index (χ1n) is 6.03. The summed E-state index contributed by atoms with van der Waals surface area (Å²) in [5.74, 6) is -0.631. The van der Waals surface area contributed by atoms with E-state index in [2.05, 4.69) is 22.6 Å². The van der Waals surface area contributed by atoms with Gasteiger partial charge in [-0.05, 0) is 46.4 Å². The van der Waals surface area contributed by atoms with Gasteiger partial charge in [0.15, 0.2) is 0 Å². The normalized spacial score (nSPS) is 10.8. The van der Waals surface area contributed by atoms with E-state index in [4.69, 9.17) is 4.42 Å². The molecule has 0 radical (unpaired) electrons. The van der Waals surface area contributed by atoms with Crippen molar-refractivity contribution in [2.45, 2.75) is 6.54 Å². The maximum absolute atomic E-state index is 12.0. The third kappa shape index (κ3) is 2.29. The van der Waals surface area contributed by atoms with Crippen LogP contribution < -0.4 is 11.4 Å². The van der Waals surface area contributed by atoms with Crippen LogP contribution in [-0.4, -0.2) is 4.57 Å². The minimum atomic E-state index is -0.631. The Bertz CT molecular complexity index is 895. The number of nitrogens with zero attached hydrogens (tertiary/aromatic N) is 1. The summed E-state index contributed by atoms with van der Waals surface area (Å²) in [6, 6.07) is 14.8. The fraction of sp³-hybridized carbons (Fsp3) is 0.0667. The molecule has 0 amide bonds. The average molecular weight is 379 g/mol. The lowest BCUT2D eigenvalue weighted by Gasteiger charge is -2.09. The molecule has 0 spiro atoms. The number of hydrogen-bond donors (Lipinski definition) is 0. The minimum Gasteiger partial charge on any atom is -0.372 e. The fourth-order valence-corrected chi connectivity index (χ4v) is 2.67. The van der Waals surface area contributed by atoms with Crippen LogP contribution in [0.15, 0.2) is 62.5 Å². The number of hydrogen-bond acceptors (Lipinski definition) is 3. The van der Waals surface area contributed by atoms with Crippen molar-refractivity contribution in [3.8, 4) is 0 Å². The van der Waals surface area contributed by atoms with Crippen LogP contribution in [0.5, 0.6) is 0 Å². The van der Waals surface area contributed by atoms with Crippen molar-refractivity contribution in [3.05, 3.63) is 78.6 Å². The standard InChI is InChI=1S/C15H10INO3/c16-12-7-3-1-5-10(12)9-17-13-8-4-2-6-11(13)14(18)20-15(17)19/h1-8H,9H2. The van der Waals surface area contributed by atoms with Gasteiger partial charge in [0.05, 0.1) is 17.4 Å². The van der Waals surface area contributed by atoms with Crippen molar-refractivity contribution in [1.82, 2.24) is 4.57 Å². The van der Waals surface area contributed by atoms with Crippen LogP contribution in [0.25, 0.3) is 10.9 Å². The highest BCUT2D eigenvalue weighted by atomic mass is 127. The molecule has 100 valence electrons. The van der Waals surface area contributed by atoms with E-state index >= 15 is 0 Å². The van der Waals surface area contributed by atoms with Gasteiger partial charge in [0, 0.05) is 3.57 Å². The largest absolute Gasteiger partial charge is 0.422 e. The Morgan fingerprint density at radius 1 is 1.00 bits per heavy atom. The van der Waals surface area contributed by atoms with E-state index in [0.717, 1.165) is 9.13 Å². The smallest absolute Gasteiger partial charge is 0.372 e. The van der Waals surface area contributed by atoms with Gasteiger partial charge in [0.25, 0.3) is 0 Å². The SMILES string of the molecule is O=c1oc(=O)n(Cc2ccccc2I)c2ccccc12. The van der Waals surface area contributed by atoms with Gasteiger partial charge in [-0.1, -0.05) is 30.3 Å². The zero-order chi connectivity index (χ0) is 14.1. The van der Waals surface area contributed by atoms with E-state index < -0.39 is 11.4 Å². The van der Waals surface area contributed by atoms with Gasteiger partial charge in [-0.25, -0.2) is 9.59 Å². The van der Waals surface area contributed by atoms with E-state index in [-0.39, 0.29) is 0 Å². The van der Waals surface area contributed by atoms with Crippen molar-refractivity contribution >= 4 is 33.5 Å². The van der Waals surface area contributed by atoms with Gasteiger partial charge in [0.2, 0.25) is 0 Å². The summed E-state index contributed by atoms with van der Waals surface area (Å²) in [7, 11) is 0. The molecule has 20 heavy (non-hydrogen) atoms. The first-order valence-corrected chi connectivity index (χ1v) is 7.11. The number of aromatic nitrogens is 1. The van der Waals surface area contributed by atoms with Crippen LogP contribution in [0.1, 0.15) is 5.56 Å². The molecule has 0 aliphatic heterocycles. The molecule has 3 rings (SSSR count). The number of halogens is 1. The predicted octanol–water partition coefficient (Wildman–Crippen LogP) is 2.61. The molecule has 0 unspecified atom stereocenters. The molecule has 4 nitrogen and oxygen atoms in total. The second-order valence-electron chi connectivity index (χ2n) is 4.35. The molecule has 0 saturated heterocycles. The maximum Gasteiger partial charge on any atom is 0.422 e. The van der Waals surface area contributed by atoms with E-state index in [0.29, 0.717) is 17.4 Å². The Morgan fingerprint density at radius 3 is 2.50 bits per heavy atom. The second kappa shape index (κ2) is 5.24. The Labute approximate surface area is 127 Å². The predicted molar refractivity (Wildman–Crippen MR) is 85.0 cm³/mol. The molecule has 1 heterocycles. The number of fused-ring (bicyclic) bond motifs is 1. The molecule has 0 saturated carbocycles. The molecular weight excluding hydrogens is 369 g/mol. The summed E-state index contributed by atoms with van der Waals surface area (Å²) in [6.45, 7) is 0.377. The van der Waals surface area contributed by atoms with Crippen molar-refractivity contribution in [1.29, 1.82) is 0 Å². The van der Waals surface area contributed by atoms with Crippen molar-refractivity contribution in [2.24, 2.45) is 0 Å². The first kappa shape index (κ1) is 13.1. The molecule has 3 aromatic rings. The van der Waals surface area contributed by atoms with E-state index in [9.17, 15) is 9.59 Å². The number of rotatable bonds is 2. The molecule has 0 aliphatic rings. The second-order valence-corrected chi connectivity index (χ2v) is 5.51. The Hall–Kier alpha value is -1.89. The highest BCUT2D eigenvalue weighted by molar-refractivity contribution is 14.1. The Morgan fingerprint density at radius 2 is 1.70 bits per heavy atom. The molecule has 2 aromatic carbocycles. The monoisotopic (exact) mass is 379 g/mol. The summed E-state index contributed by atoms with van der Waals surface area (Å²) in [5.41, 5.74) is 1.01. The van der Waals surface area contributed by atoms with E-state index in [1.165, 1.54) is 4.57 Å². The van der Waals surface area contributed by atoms with Gasteiger partial charge < -0.3 is 4.42 Å². The Kier molecular flexibility index (Phi) is 3.43. The van der Waals surface area contributed by atoms with Crippen LogP contribution in [0.4, 0.5) is 0 Å². The summed E-state index contributed by atoms with van der Waals surface area (Å²) in [6.07, 6.45) is 0. The van der Waals surface area contributed by atoms with Gasteiger partial charge in [-0.2, -0.15) is 0 Å². The minimum absolute atomic E-state index is 0.377. The molecule has 0 bridgehead atoms. The van der Waals surface area contributed by atoms with Gasteiger partial charge >= 0.3 is 11.4 Å². The summed E-state index contributed by atoms with van der Waals surface area (Å²) < 4.78 is 7.33. The first-order chi connectivity index (χ1) is 9.66. The lowest BCUT2D eigenvalue weighted by molar-refractivity contribution is 0.424. The highest BCUT2D eigenvalue weighted by Crippen LogP contribution is 2.15. The van der Waals surface area contributed by atoms with Crippen molar-refractivity contribution in [2.75, 3.05) is 0 Å². The maximum atomic E-state index is 12.0. The topological polar surface area (TPSA) is 52.2 Å².